The highest BCUT2D eigenvalue weighted by atomic mass is 16.1. The molecule has 0 aromatic heterocycles. The van der Waals surface area contributed by atoms with Crippen LogP contribution in [0.4, 0.5) is 0 Å². The highest BCUT2D eigenvalue weighted by molar-refractivity contribution is 5.88. The van der Waals surface area contributed by atoms with Crippen molar-refractivity contribution in [3.8, 4) is 0 Å². The highest BCUT2D eigenvalue weighted by Crippen LogP contribution is 2.41. The lowest BCUT2D eigenvalue weighted by Gasteiger charge is -2.42. The standard InChI is InChI=1S/C16H19NO/c1-2-3-5-11-15(18)17-16(12-8-13-16)14-9-6-4-7-10-14/h2-7,9-11H,8,12-13H2,1H3,(H,17,18)/b3-2+,11-5+. The van der Waals surface area contributed by atoms with Crippen LogP contribution in [0.2, 0.25) is 0 Å². The first-order chi connectivity index (χ1) is 8.77. The zero-order valence-electron chi connectivity index (χ0n) is 10.7. The van der Waals surface area contributed by atoms with Gasteiger partial charge in [0, 0.05) is 6.08 Å². The van der Waals surface area contributed by atoms with Gasteiger partial charge in [0.05, 0.1) is 5.54 Å². The molecule has 1 amide bonds. The van der Waals surface area contributed by atoms with Crippen molar-refractivity contribution in [2.45, 2.75) is 31.7 Å². The lowest BCUT2D eigenvalue weighted by atomic mass is 9.72. The normalized spacial score (nSPS) is 17.8. The molecule has 0 bridgehead atoms. The predicted octanol–water partition coefficient (Wildman–Crippen LogP) is 3.31. The average molecular weight is 241 g/mol. The Bertz CT molecular complexity index is 455. The summed E-state index contributed by atoms with van der Waals surface area (Å²) in [5.74, 6) is -0.0170. The summed E-state index contributed by atoms with van der Waals surface area (Å²) in [6, 6.07) is 10.2. The van der Waals surface area contributed by atoms with Crippen molar-refractivity contribution in [2.75, 3.05) is 0 Å². The first kappa shape index (κ1) is 12.6. The van der Waals surface area contributed by atoms with Crippen LogP contribution in [-0.2, 0) is 10.3 Å². The van der Waals surface area contributed by atoms with E-state index < -0.39 is 0 Å². The van der Waals surface area contributed by atoms with Crippen LogP contribution in [0.5, 0.6) is 0 Å². The van der Waals surface area contributed by atoms with Crippen molar-refractivity contribution in [1.82, 2.24) is 5.32 Å². The summed E-state index contributed by atoms with van der Waals surface area (Å²) >= 11 is 0. The maximum Gasteiger partial charge on any atom is 0.244 e. The summed E-state index contributed by atoms with van der Waals surface area (Å²) in [6.07, 6.45) is 10.3. The fraction of sp³-hybridized carbons (Fsp3) is 0.312. The largest absolute Gasteiger partial charge is 0.343 e. The molecule has 1 N–H and O–H groups in total. The first-order valence-corrected chi connectivity index (χ1v) is 6.44. The van der Waals surface area contributed by atoms with Gasteiger partial charge in [0.25, 0.3) is 0 Å². The van der Waals surface area contributed by atoms with Gasteiger partial charge in [-0.2, -0.15) is 0 Å². The minimum atomic E-state index is -0.140. The van der Waals surface area contributed by atoms with Gasteiger partial charge in [0.15, 0.2) is 0 Å². The molecule has 0 spiro atoms. The molecule has 1 fully saturated rings. The van der Waals surface area contributed by atoms with Gasteiger partial charge in [0.1, 0.15) is 0 Å². The molecule has 0 atom stereocenters. The van der Waals surface area contributed by atoms with Crippen molar-refractivity contribution in [3.05, 3.63) is 60.2 Å². The van der Waals surface area contributed by atoms with Crippen LogP contribution >= 0.6 is 0 Å². The second-order valence-corrected chi connectivity index (χ2v) is 4.68. The monoisotopic (exact) mass is 241 g/mol. The second kappa shape index (κ2) is 5.67. The summed E-state index contributed by atoms with van der Waals surface area (Å²) in [4.78, 5) is 11.9. The smallest absolute Gasteiger partial charge is 0.244 e. The van der Waals surface area contributed by atoms with Crippen molar-refractivity contribution in [2.24, 2.45) is 0 Å². The number of rotatable bonds is 4. The molecule has 0 radical (unpaired) electrons. The van der Waals surface area contributed by atoms with Crippen LogP contribution in [0.1, 0.15) is 31.7 Å². The number of nitrogens with one attached hydrogen (secondary N) is 1. The molecule has 1 aliphatic carbocycles. The third-order valence-corrected chi connectivity index (χ3v) is 3.45. The van der Waals surface area contributed by atoms with Gasteiger partial charge in [0.2, 0.25) is 5.91 Å². The molecule has 1 aliphatic rings. The topological polar surface area (TPSA) is 29.1 Å². The zero-order chi connectivity index (χ0) is 12.8. The van der Waals surface area contributed by atoms with Crippen LogP contribution < -0.4 is 5.32 Å². The Balaban J connectivity index is 2.08. The van der Waals surface area contributed by atoms with Gasteiger partial charge >= 0.3 is 0 Å². The number of allylic oxidation sites excluding steroid dienone is 3. The Morgan fingerprint density at radius 3 is 2.50 bits per heavy atom. The first-order valence-electron chi connectivity index (χ1n) is 6.44. The molecule has 94 valence electrons. The molecule has 1 aromatic carbocycles. The molecule has 1 saturated carbocycles. The van der Waals surface area contributed by atoms with Crippen LogP contribution in [-0.4, -0.2) is 5.91 Å². The molecule has 0 aliphatic heterocycles. The van der Waals surface area contributed by atoms with Crippen LogP contribution in [0.3, 0.4) is 0 Å². The Morgan fingerprint density at radius 1 is 1.22 bits per heavy atom. The van der Waals surface area contributed by atoms with E-state index in [1.54, 1.807) is 12.2 Å². The molecule has 2 nitrogen and oxygen atoms in total. The van der Waals surface area contributed by atoms with Crippen molar-refractivity contribution in [1.29, 1.82) is 0 Å². The van der Waals surface area contributed by atoms with Gasteiger partial charge < -0.3 is 5.32 Å². The maximum absolute atomic E-state index is 11.9. The quantitative estimate of drug-likeness (QED) is 0.636. The fourth-order valence-electron chi connectivity index (χ4n) is 2.30. The second-order valence-electron chi connectivity index (χ2n) is 4.68. The predicted molar refractivity (Wildman–Crippen MR) is 74.1 cm³/mol. The number of hydrogen-bond donors (Lipinski definition) is 1. The van der Waals surface area contributed by atoms with Gasteiger partial charge in [-0.05, 0) is 31.7 Å². The maximum atomic E-state index is 11.9. The van der Waals surface area contributed by atoms with Crippen LogP contribution in [0.25, 0.3) is 0 Å². The molecule has 0 heterocycles. The molecule has 1 aromatic rings. The minimum Gasteiger partial charge on any atom is -0.343 e. The van der Waals surface area contributed by atoms with Crippen molar-refractivity contribution in [3.63, 3.8) is 0 Å². The number of carbonyl (C=O) groups is 1. The lowest BCUT2D eigenvalue weighted by Crippen LogP contribution is -2.50. The summed E-state index contributed by atoms with van der Waals surface area (Å²) in [6.45, 7) is 1.93. The Kier molecular flexibility index (Phi) is 3.98. The molecule has 0 unspecified atom stereocenters. The fourth-order valence-corrected chi connectivity index (χ4v) is 2.30. The van der Waals surface area contributed by atoms with E-state index in [1.165, 1.54) is 12.0 Å². The Labute approximate surface area is 108 Å². The summed E-state index contributed by atoms with van der Waals surface area (Å²) in [5, 5.41) is 3.15. The summed E-state index contributed by atoms with van der Waals surface area (Å²) in [5.41, 5.74) is 1.07. The third kappa shape index (κ3) is 2.70. The van der Waals surface area contributed by atoms with Gasteiger partial charge in [-0.1, -0.05) is 48.6 Å². The molecule has 0 saturated heterocycles. The van der Waals surface area contributed by atoms with Gasteiger partial charge in [-0.15, -0.1) is 0 Å². The van der Waals surface area contributed by atoms with Crippen molar-refractivity contribution < 1.29 is 4.79 Å². The summed E-state index contributed by atoms with van der Waals surface area (Å²) in [7, 11) is 0. The average Bonchev–Trinajstić information content (AvgIpc) is 2.35. The number of amides is 1. The van der Waals surface area contributed by atoms with E-state index in [2.05, 4.69) is 17.4 Å². The third-order valence-electron chi connectivity index (χ3n) is 3.45. The molecule has 2 rings (SSSR count). The van der Waals surface area contributed by atoms with E-state index in [4.69, 9.17) is 0 Å². The van der Waals surface area contributed by atoms with E-state index in [-0.39, 0.29) is 11.4 Å². The van der Waals surface area contributed by atoms with Gasteiger partial charge in [-0.3, -0.25) is 4.79 Å². The van der Waals surface area contributed by atoms with E-state index in [1.807, 2.05) is 37.3 Å². The number of carbonyl (C=O) groups excluding carboxylic acids is 1. The molecule has 18 heavy (non-hydrogen) atoms. The van der Waals surface area contributed by atoms with Crippen LogP contribution in [0.15, 0.2) is 54.6 Å². The van der Waals surface area contributed by atoms with Crippen molar-refractivity contribution >= 4 is 5.91 Å². The molecular weight excluding hydrogens is 222 g/mol. The number of hydrogen-bond acceptors (Lipinski definition) is 1. The van der Waals surface area contributed by atoms with E-state index >= 15 is 0 Å². The van der Waals surface area contributed by atoms with Crippen LogP contribution in [0, 0.1) is 0 Å². The molecule has 2 heteroatoms. The zero-order valence-corrected chi connectivity index (χ0v) is 10.7. The molecular formula is C16H19NO. The summed E-state index contributed by atoms with van der Waals surface area (Å²) < 4.78 is 0. The highest BCUT2D eigenvalue weighted by Gasteiger charge is 2.39. The van der Waals surface area contributed by atoms with Gasteiger partial charge in [-0.25, -0.2) is 0 Å². The SMILES string of the molecule is C/C=C/C=C/C(=O)NC1(c2ccccc2)CCC1. The Morgan fingerprint density at radius 2 is 1.94 bits per heavy atom. The lowest BCUT2D eigenvalue weighted by molar-refractivity contribution is -0.119. The number of benzene rings is 1. The van der Waals surface area contributed by atoms with E-state index in [9.17, 15) is 4.79 Å². The van der Waals surface area contributed by atoms with E-state index in [0.29, 0.717) is 0 Å². The van der Waals surface area contributed by atoms with E-state index in [0.717, 1.165) is 12.8 Å². The Hall–Kier alpha value is -1.83. The minimum absolute atomic E-state index is 0.0170.